The molecule has 1 atom stereocenters. The van der Waals surface area contributed by atoms with Crippen molar-refractivity contribution in [2.75, 3.05) is 13.6 Å². The minimum Gasteiger partial charge on any atom is -0.448 e. The van der Waals surface area contributed by atoms with E-state index in [0.29, 0.717) is 11.1 Å². The number of rotatable bonds is 3. The van der Waals surface area contributed by atoms with Gasteiger partial charge >= 0.3 is 11.9 Å². The van der Waals surface area contributed by atoms with Gasteiger partial charge in [-0.05, 0) is 26.1 Å². The lowest BCUT2D eigenvalue weighted by Crippen LogP contribution is -2.85. The van der Waals surface area contributed by atoms with E-state index in [9.17, 15) is 40.5 Å². The lowest BCUT2D eigenvalue weighted by atomic mass is 9.87. The molecule has 41 heavy (non-hydrogen) atoms. The Morgan fingerprint density at radius 3 is 2.41 bits per heavy atom. The van der Waals surface area contributed by atoms with Crippen LogP contribution in [0.2, 0.25) is 0 Å². The van der Waals surface area contributed by atoms with Gasteiger partial charge in [0.25, 0.3) is 5.91 Å². The molecule has 4 rings (SSSR count). The Morgan fingerprint density at radius 2 is 1.80 bits per heavy atom. The van der Waals surface area contributed by atoms with Crippen molar-refractivity contribution in [3.8, 4) is 0 Å². The van der Waals surface area contributed by atoms with Crippen LogP contribution in [0.4, 0.5) is 5.69 Å². The van der Waals surface area contributed by atoms with E-state index in [-0.39, 0.29) is 17.7 Å². The zero-order chi connectivity index (χ0) is 30.6. The Labute approximate surface area is 234 Å². The molecule has 2 aliphatic heterocycles. The van der Waals surface area contributed by atoms with Crippen LogP contribution in [0.1, 0.15) is 34.4 Å². The van der Waals surface area contributed by atoms with Crippen LogP contribution in [0.3, 0.4) is 0 Å². The van der Waals surface area contributed by atoms with Crippen LogP contribution in [-0.2, 0) is 4.74 Å². The SMILES string of the molecule is CCNC.[B]C1(O)OC(O)(O)C(O)(O)N(/C2=N/N/C=C(/c3cccc(C)c3)C=NC=Nc3cc(C=O)oc32)C1(O)O. The fourth-order valence-corrected chi connectivity index (χ4v) is 3.48. The number of morpholine rings is 1. The average Bonchev–Trinajstić information content (AvgIpc) is 3.29. The van der Waals surface area contributed by atoms with Gasteiger partial charge < -0.3 is 45.5 Å². The summed E-state index contributed by atoms with van der Waals surface area (Å²) in [7, 11) is 7.22. The smallest absolute Gasteiger partial charge is 0.360 e. The first-order chi connectivity index (χ1) is 19.1. The Hall–Kier alpha value is -3.78. The second-order valence-electron chi connectivity index (χ2n) is 8.76. The molecule has 2 radical (unpaired) electrons. The highest BCUT2D eigenvalue weighted by atomic mass is 16.9. The number of fused-ring (bicyclic) bond motifs is 1. The molecule has 0 amide bonds. The van der Waals surface area contributed by atoms with Gasteiger partial charge in [0.15, 0.2) is 31.3 Å². The maximum Gasteiger partial charge on any atom is 0.360 e. The number of carbonyl (C=O) groups is 1. The maximum atomic E-state index is 11.3. The first-order valence-corrected chi connectivity index (χ1v) is 11.9. The molecule has 1 unspecified atom stereocenters. The van der Waals surface area contributed by atoms with Gasteiger partial charge in [-0.1, -0.05) is 36.8 Å². The number of aliphatic hydroxyl groups is 7. The molecule has 1 saturated heterocycles. The lowest BCUT2D eigenvalue weighted by Gasteiger charge is -2.57. The predicted octanol–water partition coefficient (Wildman–Crippen LogP) is -2.28. The van der Waals surface area contributed by atoms with Crippen LogP contribution in [0.5, 0.6) is 0 Å². The van der Waals surface area contributed by atoms with Gasteiger partial charge in [0, 0.05) is 24.1 Å². The fraction of sp³-hybridized carbons (Fsp3) is 0.333. The average molecular weight is 572 g/mol. The first-order valence-electron chi connectivity index (χ1n) is 11.9. The highest BCUT2D eigenvalue weighted by Crippen LogP contribution is 2.43. The number of ether oxygens (including phenoxy) is 1. The van der Waals surface area contributed by atoms with Gasteiger partial charge in [-0.25, -0.2) is 14.9 Å². The van der Waals surface area contributed by atoms with Crippen molar-refractivity contribution >= 4 is 43.8 Å². The van der Waals surface area contributed by atoms with E-state index in [1.807, 2.05) is 26.1 Å². The van der Waals surface area contributed by atoms with E-state index < -0.39 is 40.0 Å². The van der Waals surface area contributed by atoms with E-state index in [1.54, 1.807) is 12.1 Å². The van der Waals surface area contributed by atoms with Gasteiger partial charge in [0.2, 0.25) is 5.84 Å². The molecule has 1 aromatic heterocycles. The molecule has 218 valence electrons. The number of allylic oxidation sites excluding steroid dienone is 1. The highest BCUT2D eigenvalue weighted by molar-refractivity contribution is 6.15. The molecule has 9 N–H and O–H groups in total. The van der Waals surface area contributed by atoms with Crippen LogP contribution < -0.4 is 10.7 Å². The minimum absolute atomic E-state index is 0.246. The number of aldehydes is 1. The third-order valence-corrected chi connectivity index (χ3v) is 5.67. The number of aryl methyl sites for hydroxylation is 1. The van der Waals surface area contributed by atoms with Crippen molar-refractivity contribution in [2.24, 2.45) is 15.1 Å². The summed E-state index contributed by atoms with van der Waals surface area (Å²) in [5, 5.41) is 79.4. The largest absolute Gasteiger partial charge is 0.448 e. The molecule has 17 heteroatoms. The molecular weight excluding hydrogens is 543 g/mol. The Bertz CT molecular complexity index is 1350. The van der Waals surface area contributed by atoms with E-state index >= 15 is 0 Å². The van der Waals surface area contributed by atoms with Crippen molar-refractivity contribution < 1.29 is 49.7 Å². The van der Waals surface area contributed by atoms with E-state index in [0.717, 1.165) is 24.5 Å². The molecule has 0 bridgehead atoms. The molecule has 0 aliphatic carbocycles. The summed E-state index contributed by atoms with van der Waals surface area (Å²) in [6.45, 7) is 4.99. The quantitative estimate of drug-likeness (QED) is 0.107. The monoisotopic (exact) mass is 572 g/mol. The molecule has 0 saturated carbocycles. The number of hydrazone groups is 1. The van der Waals surface area contributed by atoms with Crippen LogP contribution in [0.15, 0.2) is 56.0 Å². The summed E-state index contributed by atoms with van der Waals surface area (Å²) < 4.78 is 9.42. The van der Waals surface area contributed by atoms with Gasteiger partial charge in [0.1, 0.15) is 12.0 Å². The summed E-state index contributed by atoms with van der Waals surface area (Å²) >= 11 is 0. The lowest BCUT2D eigenvalue weighted by molar-refractivity contribution is -0.598. The maximum absolute atomic E-state index is 11.3. The van der Waals surface area contributed by atoms with Gasteiger partial charge in [0.05, 0.1) is 0 Å². The van der Waals surface area contributed by atoms with Gasteiger partial charge in [-0.3, -0.25) is 15.0 Å². The molecular formula is C24H29BN6O10. The minimum atomic E-state index is -4.17. The van der Waals surface area contributed by atoms with E-state index in [2.05, 4.69) is 37.5 Å². The third-order valence-electron chi connectivity index (χ3n) is 5.67. The van der Waals surface area contributed by atoms with Crippen LogP contribution >= 0.6 is 0 Å². The first kappa shape index (κ1) is 31.7. The molecule has 1 fully saturated rings. The van der Waals surface area contributed by atoms with Crippen LogP contribution in [-0.4, -0.2) is 110 Å². The summed E-state index contributed by atoms with van der Waals surface area (Å²) in [6.07, 6.45) is 3.92. The van der Waals surface area contributed by atoms with Crippen molar-refractivity contribution in [3.63, 3.8) is 0 Å². The van der Waals surface area contributed by atoms with Crippen molar-refractivity contribution in [2.45, 2.75) is 37.3 Å². The second-order valence-corrected chi connectivity index (χ2v) is 8.76. The van der Waals surface area contributed by atoms with Crippen molar-refractivity contribution in [1.82, 2.24) is 15.6 Å². The van der Waals surface area contributed by atoms with Gasteiger partial charge in [-0.15, -0.1) is 0 Å². The number of furan rings is 1. The summed E-state index contributed by atoms with van der Waals surface area (Å²) in [6, 6.07) is 8.24. The summed E-state index contributed by atoms with van der Waals surface area (Å²) in [4.78, 5) is 19.0. The molecule has 2 aliphatic rings. The highest BCUT2D eigenvalue weighted by Gasteiger charge is 2.73. The fourth-order valence-electron chi connectivity index (χ4n) is 3.48. The molecule has 3 heterocycles. The number of hydrogen-bond acceptors (Lipinski definition) is 16. The van der Waals surface area contributed by atoms with E-state index in [4.69, 9.17) is 12.3 Å². The number of amidine groups is 1. The molecule has 2 aromatic rings. The number of carbonyl (C=O) groups excluding carboxylic acids is 1. The standard InChI is InChI=1S/C21H20BN5O10.C3H9N/c1-11-3-2-4-12(5-11)13-7-23-10-24-15-6-14(9-28)36-16(15)17(26-25-8-13)27-19(30,31)18(22,29)37-21(34,35)20(27,32)33;1-3-4-2/h2-10,25,29-35H,1H3;4H,3H2,1-2H3/b13-8+,23-7?,24-10?,26-17+;. The third kappa shape index (κ3) is 6.28. The number of aliphatic imine (C=N–C) groups is 2. The number of hydrogen-bond donors (Lipinski definition) is 9. The predicted molar refractivity (Wildman–Crippen MR) is 144 cm³/mol. The normalized spacial score (nSPS) is 25.2. The van der Waals surface area contributed by atoms with Crippen LogP contribution in [0.25, 0.3) is 5.57 Å². The van der Waals surface area contributed by atoms with Crippen molar-refractivity contribution in [3.05, 3.63) is 59.2 Å². The zero-order valence-corrected chi connectivity index (χ0v) is 22.1. The number of nitrogens with zero attached hydrogens (tertiary/aromatic N) is 4. The topological polar surface area (TPSA) is 245 Å². The molecule has 16 nitrogen and oxygen atoms in total. The Morgan fingerprint density at radius 1 is 1.12 bits per heavy atom. The Kier molecular flexibility index (Phi) is 9.29. The van der Waals surface area contributed by atoms with Crippen LogP contribution in [0, 0.1) is 6.92 Å². The zero-order valence-electron chi connectivity index (χ0n) is 22.1. The van der Waals surface area contributed by atoms with Gasteiger partial charge in [-0.2, -0.15) is 5.10 Å². The molecule has 1 aromatic carbocycles. The summed E-state index contributed by atoms with van der Waals surface area (Å²) in [5.41, 5.74) is 0.366. The van der Waals surface area contributed by atoms with Crippen molar-refractivity contribution in [1.29, 1.82) is 0 Å². The number of benzene rings is 1. The van der Waals surface area contributed by atoms with E-state index in [1.165, 1.54) is 12.4 Å². The molecule has 0 spiro atoms. The Balaban J connectivity index is 0.00000108. The second kappa shape index (κ2) is 12.0. The summed E-state index contributed by atoms with van der Waals surface area (Å²) in [5.74, 6) is -14.4. The number of nitrogens with one attached hydrogen (secondary N) is 2.